The topological polar surface area (TPSA) is 24.1 Å². The SMILES string of the molecule is C=C(C)CCC(NC(=C)NC(C(=C)C)C1CCCCCC1)C1CCCCC1. The third-order valence-corrected chi connectivity index (χ3v) is 6.69. The van der Waals surface area contributed by atoms with Crippen LogP contribution in [-0.4, -0.2) is 12.1 Å². The lowest BCUT2D eigenvalue weighted by molar-refractivity contribution is 0.262. The number of hydrogen-bond donors (Lipinski definition) is 2. The molecule has 0 bridgehead atoms. The predicted octanol–water partition coefficient (Wildman–Crippen LogP) is 6.86. The highest BCUT2D eigenvalue weighted by molar-refractivity contribution is 5.10. The third kappa shape index (κ3) is 7.76. The molecule has 2 saturated carbocycles. The van der Waals surface area contributed by atoms with E-state index < -0.39 is 0 Å². The highest BCUT2D eigenvalue weighted by Gasteiger charge is 2.26. The Morgan fingerprint density at radius 2 is 1.30 bits per heavy atom. The highest BCUT2D eigenvalue weighted by Crippen LogP contribution is 2.30. The first-order valence-corrected chi connectivity index (χ1v) is 11.5. The van der Waals surface area contributed by atoms with Crippen LogP contribution in [0.2, 0.25) is 0 Å². The summed E-state index contributed by atoms with van der Waals surface area (Å²) >= 11 is 0. The molecule has 0 spiro atoms. The van der Waals surface area contributed by atoms with Crippen LogP contribution in [-0.2, 0) is 0 Å². The Bertz CT molecular complexity index is 479. The van der Waals surface area contributed by atoms with Crippen molar-refractivity contribution >= 4 is 0 Å². The van der Waals surface area contributed by atoms with Crippen molar-refractivity contribution in [2.75, 3.05) is 0 Å². The normalized spacial score (nSPS) is 21.7. The molecule has 2 N–H and O–H groups in total. The first-order valence-electron chi connectivity index (χ1n) is 11.5. The van der Waals surface area contributed by atoms with Gasteiger partial charge in [-0.3, -0.25) is 0 Å². The van der Waals surface area contributed by atoms with E-state index in [0.717, 1.165) is 18.2 Å². The van der Waals surface area contributed by atoms with Gasteiger partial charge in [-0.15, -0.1) is 6.58 Å². The van der Waals surface area contributed by atoms with Crippen LogP contribution in [0.15, 0.2) is 36.7 Å². The summed E-state index contributed by atoms with van der Waals surface area (Å²) in [6.45, 7) is 17.1. The van der Waals surface area contributed by atoms with Gasteiger partial charge in [0.15, 0.2) is 0 Å². The molecule has 0 radical (unpaired) electrons. The largest absolute Gasteiger partial charge is 0.369 e. The van der Waals surface area contributed by atoms with Crippen LogP contribution in [0.4, 0.5) is 0 Å². The Morgan fingerprint density at radius 3 is 1.81 bits per heavy atom. The van der Waals surface area contributed by atoms with Crippen LogP contribution in [0.25, 0.3) is 0 Å². The molecule has 0 amide bonds. The van der Waals surface area contributed by atoms with Gasteiger partial charge in [0.1, 0.15) is 0 Å². The van der Waals surface area contributed by atoms with Crippen molar-refractivity contribution in [3.8, 4) is 0 Å². The Kier molecular flexibility index (Phi) is 9.51. The summed E-state index contributed by atoms with van der Waals surface area (Å²) in [6, 6.07) is 0.873. The van der Waals surface area contributed by atoms with E-state index in [2.05, 4.69) is 44.2 Å². The molecule has 2 unspecified atom stereocenters. The van der Waals surface area contributed by atoms with E-state index in [-0.39, 0.29) is 0 Å². The summed E-state index contributed by atoms with van der Waals surface area (Å²) in [4.78, 5) is 0. The van der Waals surface area contributed by atoms with Gasteiger partial charge in [-0.1, -0.05) is 69.2 Å². The molecule has 0 heterocycles. The average Bonchev–Trinajstić information content (AvgIpc) is 2.92. The molecule has 2 nitrogen and oxygen atoms in total. The Morgan fingerprint density at radius 1 is 0.778 bits per heavy atom. The molecule has 2 aliphatic rings. The van der Waals surface area contributed by atoms with Crippen molar-refractivity contribution < 1.29 is 0 Å². The maximum atomic E-state index is 4.37. The van der Waals surface area contributed by atoms with Gasteiger partial charge in [0.2, 0.25) is 0 Å². The van der Waals surface area contributed by atoms with Gasteiger partial charge in [0.25, 0.3) is 0 Å². The Hall–Kier alpha value is -1.18. The van der Waals surface area contributed by atoms with Gasteiger partial charge < -0.3 is 10.6 Å². The minimum Gasteiger partial charge on any atom is -0.369 e. The van der Waals surface area contributed by atoms with Crippen LogP contribution < -0.4 is 10.6 Å². The maximum absolute atomic E-state index is 4.37. The lowest BCUT2D eigenvalue weighted by Crippen LogP contribution is -2.45. The molecule has 0 saturated heterocycles. The second-order valence-electron chi connectivity index (χ2n) is 9.34. The molecule has 27 heavy (non-hydrogen) atoms. The number of allylic oxidation sites excluding steroid dienone is 1. The zero-order valence-electron chi connectivity index (χ0n) is 18.1. The van der Waals surface area contributed by atoms with E-state index in [1.807, 2.05) is 0 Å². The third-order valence-electron chi connectivity index (χ3n) is 6.69. The van der Waals surface area contributed by atoms with Gasteiger partial charge in [0.05, 0.1) is 11.9 Å². The lowest BCUT2D eigenvalue weighted by Gasteiger charge is -2.35. The predicted molar refractivity (Wildman–Crippen MR) is 120 cm³/mol. The molecular formula is C25H44N2. The van der Waals surface area contributed by atoms with Crippen LogP contribution in [0.3, 0.4) is 0 Å². The fraction of sp³-hybridized carbons (Fsp3) is 0.760. The van der Waals surface area contributed by atoms with Crippen LogP contribution in [0.1, 0.15) is 97.3 Å². The van der Waals surface area contributed by atoms with Crippen molar-refractivity contribution in [2.45, 2.75) is 109 Å². The zero-order valence-corrected chi connectivity index (χ0v) is 18.1. The molecule has 154 valence electrons. The van der Waals surface area contributed by atoms with E-state index >= 15 is 0 Å². The van der Waals surface area contributed by atoms with Crippen LogP contribution in [0.5, 0.6) is 0 Å². The van der Waals surface area contributed by atoms with E-state index in [1.165, 1.54) is 88.2 Å². The van der Waals surface area contributed by atoms with E-state index in [1.54, 1.807) is 0 Å². The highest BCUT2D eigenvalue weighted by atomic mass is 15.1. The number of rotatable bonds is 10. The second kappa shape index (κ2) is 11.6. The van der Waals surface area contributed by atoms with Crippen molar-refractivity contribution in [1.29, 1.82) is 0 Å². The van der Waals surface area contributed by atoms with Crippen molar-refractivity contribution in [3.05, 3.63) is 36.7 Å². The first-order chi connectivity index (χ1) is 13.0. The molecule has 2 fully saturated rings. The molecule has 0 aromatic carbocycles. The van der Waals surface area contributed by atoms with Gasteiger partial charge in [-0.2, -0.15) is 0 Å². The molecule has 0 aliphatic heterocycles. The summed E-state index contributed by atoms with van der Waals surface area (Å²) in [5, 5.41) is 7.54. The average molecular weight is 373 g/mol. The molecule has 0 aromatic heterocycles. The molecular weight excluding hydrogens is 328 g/mol. The molecule has 2 aliphatic carbocycles. The lowest BCUT2D eigenvalue weighted by atomic mass is 9.82. The fourth-order valence-electron chi connectivity index (χ4n) is 5.11. The monoisotopic (exact) mass is 372 g/mol. The Labute approximate surface area is 169 Å². The summed E-state index contributed by atoms with van der Waals surface area (Å²) in [7, 11) is 0. The quantitative estimate of drug-likeness (QED) is 0.323. The van der Waals surface area contributed by atoms with Crippen LogP contribution >= 0.6 is 0 Å². The summed E-state index contributed by atoms with van der Waals surface area (Å²) in [5.74, 6) is 2.48. The minimum atomic E-state index is 0.358. The molecule has 0 aromatic rings. The van der Waals surface area contributed by atoms with Gasteiger partial charge in [-0.25, -0.2) is 0 Å². The van der Waals surface area contributed by atoms with Gasteiger partial charge in [0, 0.05) is 6.04 Å². The van der Waals surface area contributed by atoms with E-state index in [4.69, 9.17) is 0 Å². The molecule has 2 rings (SSSR count). The standard InChI is InChI=1S/C25H44N2/c1-19(2)17-18-24(22-13-11-8-12-14-22)26-21(5)27-25(20(3)4)23-15-9-6-7-10-16-23/h22-27H,1,3,5-18H2,2,4H3. The maximum Gasteiger partial charge on any atom is 0.0919 e. The van der Waals surface area contributed by atoms with Crippen LogP contribution in [0, 0.1) is 11.8 Å². The van der Waals surface area contributed by atoms with E-state index in [0.29, 0.717) is 18.0 Å². The molecule has 2 atom stereocenters. The van der Waals surface area contributed by atoms with Crippen molar-refractivity contribution in [1.82, 2.24) is 10.6 Å². The summed E-state index contributed by atoms with van der Waals surface area (Å²) in [5.41, 5.74) is 2.54. The van der Waals surface area contributed by atoms with Gasteiger partial charge in [-0.05, 0) is 64.2 Å². The molecule has 2 heteroatoms. The number of hydrogen-bond acceptors (Lipinski definition) is 2. The number of nitrogens with one attached hydrogen (secondary N) is 2. The Balaban J connectivity index is 1.96. The fourth-order valence-corrected chi connectivity index (χ4v) is 5.11. The summed E-state index contributed by atoms with van der Waals surface area (Å²) in [6.07, 6.45) is 17.3. The van der Waals surface area contributed by atoms with Crippen molar-refractivity contribution in [2.24, 2.45) is 11.8 Å². The summed E-state index contributed by atoms with van der Waals surface area (Å²) < 4.78 is 0. The van der Waals surface area contributed by atoms with Crippen molar-refractivity contribution in [3.63, 3.8) is 0 Å². The van der Waals surface area contributed by atoms with Gasteiger partial charge >= 0.3 is 0 Å². The smallest absolute Gasteiger partial charge is 0.0919 e. The minimum absolute atomic E-state index is 0.358. The van der Waals surface area contributed by atoms with E-state index in [9.17, 15) is 0 Å². The first kappa shape index (κ1) is 22.1. The zero-order chi connectivity index (χ0) is 19.6. The second-order valence-corrected chi connectivity index (χ2v) is 9.34.